The van der Waals surface area contributed by atoms with Crippen LogP contribution in [0.4, 0.5) is 0 Å². The van der Waals surface area contributed by atoms with Gasteiger partial charge in [0.05, 0.1) is 0 Å². The van der Waals surface area contributed by atoms with Crippen LogP contribution in [0.25, 0.3) is 0 Å². The first kappa shape index (κ1) is 22.4. The maximum atomic E-state index is 8.36. The first-order valence-corrected chi connectivity index (χ1v) is 1.96. The van der Waals surface area contributed by atoms with Crippen molar-refractivity contribution in [3.05, 3.63) is 20.2 Å². The molecule has 0 aromatic rings. The number of hydrogen-bond acceptors (Lipinski definition) is 6. The van der Waals surface area contributed by atoms with Crippen LogP contribution in [-0.4, -0.2) is 26.5 Å². The topological polar surface area (TPSA) is 238 Å². The molecule has 12 heteroatoms. The number of nitrogens with two attached hydrogens (primary N) is 2. The number of nitrogens with zero attached hydrogens (tertiary/aromatic N) is 2. The predicted octanol–water partition coefficient (Wildman–Crippen LogP) is -1.69. The van der Waals surface area contributed by atoms with E-state index in [0.717, 1.165) is 0 Å². The summed E-state index contributed by atoms with van der Waals surface area (Å²) in [7, 11) is 0. The van der Waals surface area contributed by atoms with E-state index in [1.807, 2.05) is 0 Å². The molecule has 0 aromatic carbocycles. The SMILES string of the molecule is N.N=C(N)N.O=[N+]([O-])O.O=[N+]([O-])O. The van der Waals surface area contributed by atoms with Crippen LogP contribution in [0.5, 0.6) is 0 Å². The Kier molecular flexibility index (Phi) is 28.1. The molecule has 0 saturated carbocycles. The lowest BCUT2D eigenvalue weighted by Gasteiger charge is -1.69. The number of guanidine groups is 1. The Labute approximate surface area is 71.1 Å². The highest BCUT2D eigenvalue weighted by Crippen LogP contribution is 1.38. The first-order chi connectivity index (χ1) is 5.20. The fraction of sp³-hybridized carbons (Fsp3) is 0. The van der Waals surface area contributed by atoms with Crippen molar-refractivity contribution >= 4 is 5.96 Å². The summed E-state index contributed by atoms with van der Waals surface area (Å²) >= 11 is 0. The molecule has 0 fully saturated rings. The van der Waals surface area contributed by atoms with E-state index in [0.29, 0.717) is 0 Å². The molecule has 0 aliphatic heterocycles. The standard InChI is InChI=1S/CH5N3.2HNO3.H3N/c3*2-1(3)4;/h(H5,2,3,4);2*(H,2,3,4);1H3. The molecule has 0 spiro atoms. The summed E-state index contributed by atoms with van der Waals surface area (Å²) in [4.78, 5) is 16.7. The molecule has 80 valence electrons. The molecule has 0 aliphatic carbocycles. The third kappa shape index (κ3) is 99.8. The molecule has 0 unspecified atom stereocenters. The van der Waals surface area contributed by atoms with Gasteiger partial charge in [0.25, 0.3) is 10.2 Å². The Morgan fingerprint density at radius 3 is 1.15 bits per heavy atom. The van der Waals surface area contributed by atoms with Crippen LogP contribution in [0.2, 0.25) is 0 Å². The van der Waals surface area contributed by atoms with Gasteiger partial charge in [0.15, 0.2) is 5.96 Å². The maximum absolute atomic E-state index is 8.36. The molecular weight excluding hydrogens is 192 g/mol. The van der Waals surface area contributed by atoms with Crippen molar-refractivity contribution in [1.82, 2.24) is 6.15 Å². The third-order valence-electron chi connectivity index (χ3n) is 0. The van der Waals surface area contributed by atoms with E-state index in [1.54, 1.807) is 0 Å². The van der Waals surface area contributed by atoms with E-state index in [1.165, 1.54) is 0 Å². The van der Waals surface area contributed by atoms with Crippen LogP contribution in [0.15, 0.2) is 0 Å². The van der Waals surface area contributed by atoms with E-state index in [2.05, 4.69) is 11.5 Å². The Balaban J connectivity index is -0.0000000450. The van der Waals surface area contributed by atoms with Gasteiger partial charge < -0.3 is 28.0 Å². The van der Waals surface area contributed by atoms with Crippen molar-refractivity contribution in [1.29, 1.82) is 5.41 Å². The predicted molar refractivity (Wildman–Crippen MR) is 38.7 cm³/mol. The maximum Gasteiger partial charge on any atom is 0.291 e. The number of rotatable bonds is 0. The molecule has 0 aliphatic rings. The van der Waals surface area contributed by atoms with E-state index in [4.69, 9.17) is 36.1 Å². The van der Waals surface area contributed by atoms with Gasteiger partial charge in [-0.25, -0.2) is 0 Å². The molecule has 10 N–H and O–H groups in total. The van der Waals surface area contributed by atoms with Crippen LogP contribution in [0.3, 0.4) is 0 Å². The average Bonchev–Trinajstić information content (AvgIpc) is 1.54. The summed E-state index contributed by atoms with van der Waals surface area (Å²) < 4.78 is 0. The lowest BCUT2D eigenvalue weighted by molar-refractivity contribution is -0.742. The summed E-state index contributed by atoms with van der Waals surface area (Å²) in [6.45, 7) is 0. The van der Waals surface area contributed by atoms with Crippen molar-refractivity contribution in [2.45, 2.75) is 0 Å². The molecule has 0 bridgehead atoms. The van der Waals surface area contributed by atoms with Gasteiger partial charge >= 0.3 is 0 Å². The zero-order valence-electron chi connectivity index (χ0n) is 6.28. The first-order valence-electron chi connectivity index (χ1n) is 1.96. The Morgan fingerprint density at radius 1 is 1.15 bits per heavy atom. The van der Waals surface area contributed by atoms with Gasteiger partial charge in [0.2, 0.25) is 0 Å². The van der Waals surface area contributed by atoms with E-state index in [-0.39, 0.29) is 12.1 Å². The van der Waals surface area contributed by atoms with E-state index >= 15 is 0 Å². The van der Waals surface area contributed by atoms with Crippen LogP contribution < -0.4 is 17.6 Å². The fourth-order valence-corrected chi connectivity index (χ4v) is 0. The highest BCUT2D eigenvalue weighted by atomic mass is 16.9. The lowest BCUT2D eigenvalue weighted by atomic mass is 11.1. The molecule has 0 heterocycles. The van der Waals surface area contributed by atoms with Crippen molar-refractivity contribution in [2.24, 2.45) is 11.5 Å². The van der Waals surface area contributed by atoms with Gasteiger partial charge in [-0.3, -0.25) is 5.41 Å². The van der Waals surface area contributed by atoms with Crippen molar-refractivity contribution in [3.63, 3.8) is 0 Å². The molecule has 0 aromatic heterocycles. The van der Waals surface area contributed by atoms with Gasteiger partial charge in [0.1, 0.15) is 0 Å². The van der Waals surface area contributed by atoms with Gasteiger partial charge in [-0.1, -0.05) is 0 Å². The fourth-order valence-electron chi connectivity index (χ4n) is 0. The highest BCUT2D eigenvalue weighted by Gasteiger charge is 1.65. The van der Waals surface area contributed by atoms with Crippen molar-refractivity contribution < 1.29 is 20.6 Å². The molecule has 12 nitrogen and oxygen atoms in total. The molecule has 13 heavy (non-hydrogen) atoms. The Morgan fingerprint density at radius 2 is 1.15 bits per heavy atom. The smallest absolute Gasteiger partial charge is 0.291 e. The van der Waals surface area contributed by atoms with Crippen LogP contribution >= 0.6 is 0 Å². The summed E-state index contributed by atoms with van der Waals surface area (Å²) in [6.07, 6.45) is 0. The van der Waals surface area contributed by atoms with E-state index < -0.39 is 10.2 Å². The Bertz CT molecular complexity index is 115. The third-order valence-corrected chi connectivity index (χ3v) is 0. The molecular formula is CH10N6O6. The van der Waals surface area contributed by atoms with Crippen molar-refractivity contribution in [3.8, 4) is 0 Å². The quantitative estimate of drug-likeness (QED) is 0.113. The second-order valence-electron chi connectivity index (χ2n) is 0.931. The van der Waals surface area contributed by atoms with Crippen molar-refractivity contribution in [2.75, 3.05) is 0 Å². The van der Waals surface area contributed by atoms with E-state index in [9.17, 15) is 0 Å². The molecule has 0 atom stereocenters. The summed E-state index contributed by atoms with van der Waals surface area (Å²) in [5, 5.41) is 33.3. The minimum Gasteiger partial charge on any atom is -0.370 e. The van der Waals surface area contributed by atoms with Crippen LogP contribution in [0, 0.1) is 25.6 Å². The summed E-state index contributed by atoms with van der Waals surface area (Å²) in [5.74, 6) is -0.333. The lowest BCUT2D eigenvalue weighted by Crippen LogP contribution is -2.20. The highest BCUT2D eigenvalue weighted by molar-refractivity contribution is 5.71. The van der Waals surface area contributed by atoms with Crippen LogP contribution in [-0.2, 0) is 0 Å². The molecule has 0 saturated heterocycles. The van der Waals surface area contributed by atoms with Gasteiger partial charge in [0, 0.05) is 0 Å². The van der Waals surface area contributed by atoms with Crippen LogP contribution in [0.1, 0.15) is 0 Å². The van der Waals surface area contributed by atoms with Gasteiger partial charge in [-0.05, 0) is 0 Å². The monoisotopic (exact) mass is 202 g/mol. The Hall–Kier alpha value is -2.37. The second-order valence-corrected chi connectivity index (χ2v) is 0.931. The van der Waals surface area contributed by atoms with Gasteiger partial charge in [-0.15, -0.1) is 20.2 Å². The normalized spacial score (nSPS) is 5.54. The molecule has 0 radical (unpaired) electrons. The van der Waals surface area contributed by atoms with Gasteiger partial charge in [-0.2, -0.15) is 0 Å². The minimum atomic E-state index is -1.50. The zero-order chi connectivity index (χ0) is 10.7. The molecule has 0 amide bonds. The summed E-state index contributed by atoms with van der Waals surface area (Å²) in [6, 6.07) is 0. The largest absolute Gasteiger partial charge is 0.370 e. The summed E-state index contributed by atoms with van der Waals surface area (Å²) in [5.41, 5.74) is 8.94. The second kappa shape index (κ2) is 16.3. The zero-order valence-corrected chi connectivity index (χ0v) is 6.28. The number of nitrogens with one attached hydrogen (secondary N) is 1. The minimum absolute atomic E-state index is 0. The number of hydrogen-bond donors (Lipinski definition) is 6. The molecule has 0 rings (SSSR count). The average molecular weight is 202 g/mol.